The number of carbonyl (C=O) groups is 2. The third kappa shape index (κ3) is 6.22. The number of nitrogens with one attached hydrogen (secondary N) is 3. The normalized spacial score (nSPS) is 14.2. The summed E-state index contributed by atoms with van der Waals surface area (Å²) >= 11 is 1.32. The van der Waals surface area contributed by atoms with E-state index in [9.17, 15) is 9.59 Å². The Bertz CT molecular complexity index is 761. The summed E-state index contributed by atoms with van der Waals surface area (Å²) in [4.78, 5) is 27.4. The molecule has 152 valence electrons. The van der Waals surface area contributed by atoms with Crippen LogP contribution in [0, 0.1) is 5.92 Å². The van der Waals surface area contributed by atoms with E-state index in [0.29, 0.717) is 15.8 Å². The van der Waals surface area contributed by atoms with Crippen LogP contribution >= 0.6 is 23.7 Å². The van der Waals surface area contributed by atoms with E-state index < -0.39 is 0 Å². The second-order valence-electron chi connectivity index (χ2n) is 6.74. The fraction of sp³-hybridized carbons (Fsp3) is 0.400. The number of anilines is 2. The molecule has 0 aliphatic carbocycles. The number of nitrogens with zero attached hydrogens (tertiary/aromatic N) is 1. The first-order valence-corrected chi connectivity index (χ1v) is 10.1. The second kappa shape index (κ2) is 11.0. The number of piperidine rings is 1. The quantitative estimate of drug-likeness (QED) is 0.650. The van der Waals surface area contributed by atoms with E-state index in [1.807, 2.05) is 42.3 Å². The van der Waals surface area contributed by atoms with Gasteiger partial charge in [0.2, 0.25) is 0 Å². The highest BCUT2D eigenvalue weighted by atomic mass is 35.5. The largest absolute Gasteiger partial charge is 0.338 e. The van der Waals surface area contributed by atoms with Crippen molar-refractivity contribution in [2.24, 2.45) is 5.92 Å². The number of hydrogen-bond acceptors (Lipinski definition) is 4. The molecule has 6 nitrogen and oxygen atoms in total. The number of likely N-dealkylation sites (tertiary alicyclic amines) is 1. The zero-order chi connectivity index (χ0) is 19.1. The summed E-state index contributed by atoms with van der Waals surface area (Å²) in [5.41, 5.74) is 0.726. The summed E-state index contributed by atoms with van der Waals surface area (Å²) in [5, 5.41) is 9.41. The predicted octanol–water partition coefficient (Wildman–Crippen LogP) is 4.28. The van der Waals surface area contributed by atoms with E-state index in [-0.39, 0.29) is 24.3 Å². The van der Waals surface area contributed by atoms with Gasteiger partial charge in [-0.3, -0.25) is 10.1 Å². The number of halogens is 1. The van der Waals surface area contributed by atoms with Gasteiger partial charge in [-0.15, -0.1) is 23.7 Å². The highest BCUT2D eigenvalue weighted by Crippen LogP contribution is 2.26. The van der Waals surface area contributed by atoms with E-state index in [4.69, 9.17) is 0 Å². The van der Waals surface area contributed by atoms with Crippen molar-refractivity contribution >= 4 is 46.4 Å². The van der Waals surface area contributed by atoms with Crippen LogP contribution < -0.4 is 16.0 Å². The molecule has 1 aliphatic rings. The molecule has 1 saturated heterocycles. The van der Waals surface area contributed by atoms with Crippen molar-refractivity contribution in [1.29, 1.82) is 0 Å². The van der Waals surface area contributed by atoms with Crippen molar-refractivity contribution in [3.8, 4) is 0 Å². The maximum Gasteiger partial charge on any atom is 0.324 e. The standard InChI is InChI=1S/C20H26N4O2S.ClH/c1-21-12-9-15-10-13-24(14-11-15)19(25)17-7-8-18(27-17)23-20(26)22-16-5-3-2-4-6-16;/h2-8,15,21H,9-14H2,1H3,(H2,22,23,26);1H. The molecule has 28 heavy (non-hydrogen) atoms. The summed E-state index contributed by atoms with van der Waals surface area (Å²) in [5.74, 6) is 0.757. The Morgan fingerprint density at radius 2 is 1.79 bits per heavy atom. The van der Waals surface area contributed by atoms with Gasteiger partial charge < -0.3 is 15.5 Å². The molecule has 1 aliphatic heterocycles. The smallest absolute Gasteiger partial charge is 0.324 e. The number of carbonyl (C=O) groups excluding carboxylic acids is 2. The number of benzene rings is 1. The van der Waals surface area contributed by atoms with E-state index in [0.717, 1.165) is 38.2 Å². The zero-order valence-electron chi connectivity index (χ0n) is 15.9. The van der Waals surface area contributed by atoms with Crippen molar-refractivity contribution in [3.05, 3.63) is 47.3 Å². The Morgan fingerprint density at radius 1 is 1.07 bits per heavy atom. The third-order valence-electron chi connectivity index (χ3n) is 4.79. The molecule has 2 aromatic rings. The van der Waals surface area contributed by atoms with Crippen LogP contribution in [0.4, 0.5) is 15.5 Å². The van der Waals surface area contributed by atoms with Gasteiger partial charge in [-0.1, -0.05) is 18.2 Å². The zero-order valence-corrected chi connectivity index (χ0v) is 17.6. The van der Waals surface area contributed by atoms with Gasteiger partial charge in [-0.05, 0) is 63.0 Å². The molecule has 0 radical (unpaired) electrons. The summed E-state index contributed by atoms with van der Waals surface area (Å²) < 4.78 is 0. The lowest BCUT2D eigenvalue weighted by Crippen LogP contribution is -2.38. The lowest BCUT2D eigenvalue weighted by atomic mass is 9.93. The average Bonchev–Trinajstić information content (AvgIpc) is 3.15. The number of amides is 3. The number of thiophene rings is 1. The van der Waals surface area contributed by atoms with E-state index in [1.54, 1.807) is 12.1 Å². The number of hydrogen-bond donors (Lipinski definition) is 3. The molecule has 0 bridgehead atoms. The third-order valence-corrected chi connectivity index (χ3v) is 5.78. The minimum absolute atomic E-state index is 0. The van der Waals surface area contributed by atoms with Crippen molar-refractivity contribution in [1.82, 2.24) is 10.2 Å². The second-order valence-corrected chi connectivity index (χ2v) is 7.82. The number of rotatable bonds is 6. The minimum atomic E-state index is -0.313. The van der Waals surface area contributed by atoms with Gasteiger partial charge in [0.25, 0.3) is 5.91 Å². The van der Waals surface area contributed by atoms with Crippen molar-refractivity contribution < 1.29 is 9.59 Å². The average molecular weight is 423 g/mol. The molecule has 0 atom stereocenters. The van der Waals surface area contributed by atoms with Crippen molar-refractivity contribution in [2.75, 3.05) is 37.3 Å². The Balaban J connectivity index is 0.00000280. The van der Waals surface area contributed by atoms with E-state index >= 15 is 0 Å². The molecule has 0 unspecified atom stereocenters. The van der Waals surface area contributed by atoms with Crippen LogP contribution in [0.1, 0.15) is 28.9 Å². The van der Waals surface area contributed by atoms with Crippen molar-refractivity contribution in [3.63, 3.8) is 0 Å². The minimum Gasteiger partial charge on any atom is -0.338 e. The number of para-hydroxylation sites is 1. The molecule has 3 rings (SSSR count). The Morgan fingerprint density at radius 3 is 2.46 bits per heavy atom. The summed E-state index contributed by atoms with van der Waals surface area (Å²) in [6, 6.07) is 12.5. The topological polar surface area (TPSA) is 73.5 Å². The molecule has 3 N–H and O–H groups in total. The molecule has 1 aromatic heterocycles. The van der Waals surface area contributed by atoms with E-state index in [2.05, 4.69) is 16.0 Å². The van der Waals surface area contributed by atoms with Gasteiger partial charge in [0.15, 0.2) is 0 Å². The molecule has 0 spiro atoms. The predicted molar refractivity (Wildman–Crippen MR) is 118 cm³/mol. The van der Waals surface area contributed by atoms with Gasteiger partial charge >= 0.3 is 6.03 Å². The molecular formula is C20H27ClN4O2S. The van der Waals surface area contributed by atoms with Crippen molar-refractivity contribution in [2.45, 2.75) is 19.3 Å². The fourth-order valence-corrected chi connectivity index (χ4v) is 4.11. The molecule has 8 heteroatoms. The summed E-state index contributed by atoms with van der Waals surface area (Å²) in [6.45, 7) is 2.65. The van der Waals surface area contributed by atoms with Crippen LogP contribution in [0.5, 0.6) is 0 Å². The van der Waals surface area contributed by atoms with E-state index in [1.165, 1.54) is 17.8 Å². The van der Waals surface area contributed by atoms with Gasteiger partial charge in [0.05, 0.1) is 9.88 Å². The lowest BCUT2D eigenvalue weighted by molar-refractivity contribution is 0.0692. The molecule has 1 fully saturated rings. The van der Waals surface area contributed by atoms with Crippen LogP contribution in [0.15, 0.2) is 42.5 Å². The summed E-state index contributed by atoms with van der Waals surface area (Å²) in [7, 11) is 1.97. The van der Waals surface area contributed by atoms with Gasteiger partial charge in [-0.25, -0.2) is 4.79 Å². The monoisotopic (exact) mass is 422 g/mol. The van der Waals surface area contributed by atoms with Gasteiger partial charge in [0.1, 0.15) is 0 Å². The van der Waals surface area contributed by atoms with Crippen LogP contribution in [0.2, 0.25) is 0 Å². The molecule has 1 aromatic carbocycles. The SMILES string of the molecule is CNCCC1CCN(C(=O)c2ccc(NC(=O)Nc3ccccc3)s2)CC1.Cl. The van der Waals surface area contributed by atoms with Crippen LogP contribution in [0.3, 0.4) is 0 Å². The van der Waals surface area contributed by atoms with Crippen LogP contribution in [-0.2, 0) is 0 Å². The fourth-order valence-electron chi connectivity index (χ4n) is 3.24. The molecule has 2 heterocycles. The first-order valence-electron chi connectivity index (χ1n) is 9.32. The van der Waals surface area contributed by atoms with Gasteiger partial charge in [0, 0.05) is 18.8 Å². The highest BCUT2D eigenvalue weighted by Gasteiger charge is 2.24. The molecule has 0 saturated carbocycles. The van der Waals surface area contributed by atoms with Crippen LogP contribution in [0.25, 0.3) is 0 Å². The molecular weight excluding hydrogens is 396 g/mol. The van der Waals surface area contributed by atoms with Crippen LogP contribution in [-0.4, -0.2) is 43.5 Å². The Labute approximate surface area is 176 Å². The Hall–Kier alpha value is -2.09. The lowest BCUT2D eigenvalue weighted by Gasteiger charge is -2.31. The van der Waals surface area contributed by atoms with Gasteiger partial charge in [-0.2, -0.15) is 0 Å². The number of urea groups is 1. The summed E-state index contributed by atoms with van der Waals surface area (Å²) in [6.07, 6.45) is 3.29. The highest BCUT2D eigenvalue weighted by molar-refractivity contribution is 7.18. The maximum atomic E-state index is 12.7. The maximum absolute atomic E-state index is 12.7. The Kier molecular flexibility index (Phi) is 8.76. The first-order chi connectivity index (χ1) is 13.2. The molecule has 3 amide bonds. The first kappa shape index (κ1) is 22.2.